The number of methoxy groups -OCH3 is 1. The van der Waals surface area contributed by atoms with Crippen molar-refractivity contribution < 1.29 is 19.1 Å². The third kappa shape index (κ3) is 10.7. The van der Waals surface area contributed by atoms with Crippen molar-refractivity contribution in [2.45, 2.75) is 39.0 Å². The molecule has 8 rings (SSSR count). The number of ether oxygens (including phenoxy) is 2. The molecule has 0 atom stereocenters. The number of nitrogens with zero attached hydrogens (tertiary/aromatic N) is 2. The van der Waals surface area contributed by atoms with Crippen LogP contribution in [0.3, 0.4) is 0 Å². The number of rotatable bonds is 17. The first-order valence-corrected chi connectivity index (χ1v) is 22.0. The molecule has 0 saturated carbocycles. The van der Waals surface area contributed by atoms with Gasteiger partial charge in [-0.05, 0) is 137 Å². The molecule has 0 bridgehead atoms. The summed E-state index contributed by atoms with van der Waals surface area (Å²) < 4.78 is 10.2. The van der Waals surface area contributed by atoms with Gasteiger partial charge in [0.25, 0.3) is 0 Å². The van der Waals surface area contributed by atoms with Gasteiger partial charge < -0.3 is 19.3 Å². The van der Waals surface area contributed by atoms with Crippen LogP contribution in [0.1, 0.15) is 37.3 Å². The van der Waals surface area contributed by atoms with Crippen LogP contribution in [0.2, 0.25) is 0 Å². The summed E-state index contributed by atoms with van der Waals surface area (Å²) in [6.45, 7) is 2.46. The molecule has 8 aromatic rings. The molecule has 0 N–H and O–H groups in total. The van der Waals surface area contributed by atoms with Crippen molar-refractivity contribution >= 4 is 46.1 Å². The highest BCUT2D eigenvalue weighted by Crippen LogP contribution is 2.39. The predicted molar refractivity (Wildman–Crippen MR) is 262 cm³/mol. The highest BCUT2D eigenvalue weighted by Gasteiger charge is 2.16. The number of aryl methyl sites for hydroxylation is 2. The van der Waals surface area contributed by atoms with Crippen molar-refractivity contribution in [2.75, 3.05) is 23.5 Å². The standard InChI is InChI=1S/C58H52N2O4/c1-3-42-64-58(62)41-19-44-16-30-52(31-17-44)60(54-34-22-48(23-35-54)46-12-8-5-9-13-46)56-38-26-50(27-39-56)49-24-36-55(37-25-49)59(51-28-14-43(15-29-51)18-40-57(61)63-2)53-32-20-47(21-33-53)45-10-6-4-7-11-45/h4-17,20-39H,3,18-19,40-42H2,1-2H3. The van der Waals surface area contributed by atoms with Gasteiger partial charge in [0.2, 0.25) is 0 Å². The summed E-state index contributed by atoms with van der Waals surface area (Å²) in [5.41, 5.74) is 15.2. The third-order valence-corrected chi connectivity index (χ3v) is 11.4. The summed E-state index contributed by atoms with van der Waals surface area (Å²) in [5, 5.41) is 0. The average Bonchev–Trinajstić information content (AvgIpc) is 3.36. The molecule has 318 valence electrons. The Hall–Kier alpha value is -7.70. The maximum Gasteiger partial charge on any atom is 0.306 e. The Morgan fingerprint density at radius 2 is 0.656 bits per heavy atom. The fraction of sp³-hybridized carbons (Fsp3) is 0.138. The fourth-order valence-corrected chi connectivity index (χ4v) is 7.87. The second-order valence-corrected chi connectivity index (χ2v) is 15.7. The molecule has 0 aliphatic rings. The van der Waals surface area contributed by atoms with Crippen molar-refractivity contribution in [3.63, 3.8) is 0 Å². The van der Waals surface area contributed by atoms with Gasteiger partial charge in [-0.25, -0.2) is 0 Å². The first-order valence-electron chi connectivity index (χ1n) is 22.0. The van der Waals surface area contributed by atoms with Crippen molar-refractivity contribution in [1.29, 1.82) is 0 Å². The van der Waals surface area contributed by atoms with Gasteiger partial charge in [-0.3, -0.25) is 9.59 Å². The number of esters is 2. The average molecular weight is 841 g/mol. The first kappa shape index (κ1) is 43.0. The predicted octanol–water partition coefficient (Wildman–Crippen LogP) is 14.6. The maximum absolute atomic E-state index is 12.2. The molecule has 0 spiro atoms. The van der Waals surface area contributed by atoms with Crippen LogP contribution in [-0.2, 0) is 31.9 Å². The Labute approximate surface area is 377 Å². The molecule has 0 heterocycles. The summed E-state index contributed by atoms with van der Waals surface area (Å²) in [6, 6.07) is 72.4. The molecule has 0 aliphatic heterocycles. The zero-order chi connectivity index (χ0) is 44.1. The summed E-state index contributed by atoms with van der Waals surface area (Å²) >= 11 is 0. The lowest BCUT2D eigenvalue weighted by molar-refractivity contribution is -0.143. The highest BCUT2D eigenvalue weighted by atomic mass is 16.5. The molecule has 6 heteroatoms. The Kier molecular flexibility index (Phi) is 14.0. The zero-order valence-corrected chi connectivity index (χ0v) is 36.4. The van der Waals surface area contributed by atoms with E-state index >= 15 is 0 Å². The number of carbonyl (C=O) groups is 2. The number of benzene rings is 8. The van der Waals surface area contributed by atoms with Gasteiger partial charge in [0.1, 0.15) is 0 Å². The van der Waals surface area contributed by atoms with Crippen molar-refractivity contribution in [3.8, 4) is 33.4 Å². The zero-order valence-electron chi connectivity index (χ0n) is 36.4. The van der Waals surface area contributed by atoms with Gasteiger partial charge in [0.05, 0.1) is 13.7 Å². The van der Waals surface area contributed by atoms with Crippen LogP contribution in [0, 0.1) is 0 Å². The summed E-state index contributed by atoms with van der Waals surface area (Å²) in [7, 11) is 1.43. The van der Waals surface area contributed by atoms with Crippen LogP contribution in [0.4, 0.5) is 34.1 Å². The van der Waals surface area contributed by atoms with E-state index in [1.807, 2.05) is 19.1 Å². The maximum atomic E-state index is 12.2. The number of hydrogen-bond acceptors (Lipinski definition) is 6. The Balaban J connectivity index is 1.06. The van der Waals surface area contributed by atoms with E-state index in [4.69, 9.17) is 9.47 Å². The molecule has 0 aliphatic carbocycles. The lowest BCUT2D eigenvalue weighted by Gasteiger charge is -2.27. The molecular weight excluding hydrogens is 789 g/mol. The summed E-state index contributed by atoms with van der Waals surface area (Å²) in [4.78, 5) is 28.6. The second kappa shape index (κ2) is 20.9. The minimum Gasteiger partial charge on any atom is -0.469 e. The molecule has 64 heavy (non-hydrogen) atoms. The Morgan fingerprint density at radius 1 is 0.375 bits per heavy atom. The van der Waals surface area contributed by atoms with Gasteiger partial charge in [-0.2, -0.15) is 0 Å². The topological polar surface area (TPSA) is 59.1 Å². The smallest absolute Gasteiger partial charge is 0.306 e. The molecule has 0 fully saturated rings. The van der Waals surface area contributed by atoms with Gasteiger partial charge >= 0.3 is 11.9 Å². The van der Waals surface area contributed by atoms with E-state index in [1.54, 1.807) is 0 Å². The lowest BCUT2D eigenvalue weighted by atomic mass is 10.0. The van der Waals surface area contributed by atoms with Crippen LogP contribution in [-0.4, -0.2) is 25.7 Å². The van der Waals surface area contributed by atoms with Gasteiger partial charge in [-0.1, -0.05) is 140 Å². The Morgan fingerprint density at radius 3 is 0.953 bits per heavy atom. The lowest BCUT2D eigenvalue weighted by Crippen LogP contribution is -2.10. The minimum absolute atomic E-state index is 0.160. The van der Waals surface area contributed by atoms with Crippen LogP contribution in [0.5, 0.6) is 0 Å². The summed E-state index contributed by atoms with van der Waals surface area (Å²) in [6.07, 6.45) is 2.77. The van der Waals surface area contributed by atoms with E-state index in [2.05, 4.69) is 204 Å². The SMILES string of the molecule is CCCOC(=O)CCc1ccc(N(c2ccc(-c3ccccc3)cc2)c2ccc(-c3ccc(N(c4ccc(CCC(=O)OC)cc4)c4ccc(-c5ccccc5)cc4)cc3)cc2)cc1. The van der Waals surface area contributed by atoms with E-state index in [1.165, 1.54) is 18.2 Å². The molecule has 0 aromatic heterocycles. The van der Waals surface area contributed by atoms with Crippen molar-refractivity contribution in [1.82, 2.24) is 0 Å². The number of carbonyl (C=O) groups excluding carboxylic acids is 2. The molecular formula is C58H52N2O4. The molecule has 0 amide bonds. The van der Waals surface area contributed by atoms with Gasteiger partial charge in [0, 0.05) is 47.0 Å². The Bertz CT molecular complexity index is 2720. The first-order chi connectivity index (χ1) is 31.4. The monoisotopic (exact) mass is 840 g/mol. The van der Waals surface area contributed by atoms with E-state index in [0.29, 0.717) is 32.3 Å². The molecule has 0 saturated heterocycles. The molecule has 6 nitrogen and oxygen atoms in total. The van der Waals surface area contributed by atoms with Gasteiger partial charge in [0.15, 0.2) is 0 Å². The van der Waals surface area contributed by atoms with Gasteiger partial charge in [-0.15, -0.1) is 0 Å². The van der Waals surface area contributed by atoms with Crippen LogP contribution in [0.15, 0.2) is 206 Å². The second-order valence-electron chi connectivity index (χ2n) is 15.7. The van der Waals surface area contributed by atoms with Crippen molar-refractivity contribution in [2.24, 2.45) is 0 Å². The van der Waals surface area contributed by atoms with E-state index in [9.17, 15) is 9.59 Å². The summed E-state index contributed by atoms with van der Waals surface area (Å²) in [5.74, 6) is -0.373. The van der Waals surface area contributed by atoms with E-state index in [0.717, 1.165) is 73.9 Å². The molecule has 0 radical (unpaired) electrons. The van der Waals surface area contributed by atoms with E-state index < -0.39 is 0 Å². The van der Waals surface area contributed by atoms with Crippen LogP contribution in [0.25, 0.3) is 33.4 Å². The normalized spacial score (nSPS) is 10.8. The fourth-order valence-electron chi connectivity index (χ4n) is 7.87. The third-order valence-electron chi connectivity index (χ3n) is 11.4. The van der Waals surface area contributed by atoms with Crippen LogP contribution < -0.4 is 9.80 Å². The van der Waals surface area contributed by atoms with Crippen LogP contribution >= 0.6 is 0 Å². The minimum atomic E-state index is -0.213. The van der Waals surface area contributed by atoms with Crippen molar-refractivity contribution in [3.05, 3.63) is 217 Å². The molecule has 8 aromatic carbocycles. The molecule has 0 unspecified atom stereocenters. The number of hydrogen-bond donors (Lipinski definition) is 0. The van der Waals surface area contributed by atoms with E-state index in [-0.39, 0.29) is 11.9 Å². The quantitative estimate of drug-likeness (QED) is 0.0851. The highest BCUT2D eigenvalue weighted by molar-refractivity contribution is 5.82. The largest absolute Gasteiger partial charge is 0.469 e. The number of anilines is 6.